The summed E-state index contributed by atoms with van der Waals surface area (Å²) in [4.78, 5) is 13.5. The van der Waals surface area contributed by atoms with E-state index in [9.17, 15) is 31.1 Å². The lowest BCUT2D eigenvalue weighted by Crippen LogP contribution is -2.11. The average Bonchev–Trinajstić information content (AvgIpc) is 2.92. The summed E-state index contributed by atoms with van der Waals surface area (Å²) in [5.74, 6) is -0.514. The van der Waals surface area contributed by atoms with Gasteiger partial charge >= 0.3 is 18.3 Å². The number of hydrogen-bond donors (Lipinski definition) is 0. The Labute approximate surface area is 219 Å². The van der Waals surface area contributed by atoms with Gasteiger partial charge in [-0.3, -0.25) is 0 Å². The first-order valence-corrected chi connectivity index (χ1v) is 11.7. The summed E-state index contributed by atoms with van der Waals surface area (Å²) < 4.78 is 84.7. The van der Waals surface area contributed by atoms with E-state index in [1.54, 1.807) is 54.6 Å². The third kappa shape index (κ3) is 5.36. The Balaban J connectivity index is 1.74. The van der Waals surface area contributed by atoms with Crippen molar-refractivity contribution in [2.45, 2.75) is 12.4 Å². The van der Waals surface area contributed by atoms with E-state index in [1.807, 2.05) is 0 Å². The molecule has 0 aliphatic carbocycles. The van der Waals surface area contributed by atoms with Gasteiger partial charge in [0.1, 0.15) is 5.75 Å². The SMILES string of the molecule is O=C(Oc1ccccc1)c1cc(-c2ccc(C(F)(F)F)cc2)c2ccccc2c1-c1ccc(C(F)(F)F)cc1. The number of esters is 1. The average molecular weight is 536 g/mol. The van der Waals surface area contributed by atoms with Crippen LogP contribution in [0.15, 0.2) is 109 Å². The number of fused-ring (bicyclic) bond motifs is 1. The fourth-order valence-electron chi connectivity index (χ4n) is 4.40. The normalized spacial score (nSPS) is 11.9. The van der Waals surface area contributed by atoms with Gasteiger partial charge in [0.15, 0.2) is 0 Å². The summed E-state index contributed by atoms with van der Waals surface area (Å²) in [5.41, 5.74) is -0.0331. The molecule has 8 heteroatoms. The fourth-order valence-corrected chi connectivity index (χ4v) is 4.40. The van der Waals surface area contributed by atoms with Crippen LogP contribution in [0.5, 0.6) is 5.75 Å². The Morgan fingerprint density at radius 2 is 1.05 bits per heavy atom. The number of halogens is 6. The molecule has 5 aromatic rings. The molecule has 0 aliphatic rings. The Kier molecular flexibility index (Phi) is 6.64. The highest BCUT2D eigenvalue weighted by atomic mass is 19.4. The number of rotatable bonds is 4. The molecule has 5 rings (SSSR count). The van der Waals surface area contributed by atoms with Crippen LogP contribution in [0.3, 0.4) is 0 Å². The Hall–Kier alpha value is -4.59. The number of ether oxygens (including phenoxy) is 1. The van der Waals surface area contributed by atoms with Crippen LogP contribution in [0.1, 0.15) is 21.5 Å². The van der Waals surface area contributed by atoms with Crippen molar-refractivity contribution in [3.63, 3.8) is 0 Å². The lowest BCUT2D eigenvalue weighted by molar-refractivity contribution is -0.138. The minimum Gasteiger partial charge on any atom is -0.423 e. The summed E-state index contributed by atoms with van der Waals surface area (Å²) >= 11 is 0. The second kappa shape index (κ2) is 9.94. The zero-order valence-corrected chi connectivity index (χ0v) is 20.0. The van der Waals surface area contributed by atoms with Gasteiger partial charge in [-0.05, 0) is 69.9 Å². The van der Waals surface area contributed by atoms with Gasteiger partial charge in [-0.2, -0.15) is 26.3 Å². The Bertz CT molecular complexity index is 1640. The van der Waals surface area contributed by atoms with Gasteiger partial charge < -0.3 is 4.74 Å². The molecule has 0 saturated heterocycles. The number of carbonyl (C=O) groups excluding carboxylic acids is 1. The van der Waals surface area contributed by atoms with Crippen LogP contribution in [0.25, 0.3) is 33.0 Å². The molecule has 0 N–H and O–H groups in total. The molecule has 0 bridgehead atoms. The summed E-state index contributed by atoms with van der Waals surface area (Å²) in [5, 5.41) is 1.12. The van der Waals surface area contributed by atoms with Crippen molar-refractivity contribution in [1.82, 2.24) is 0 Å². The standard InChI is InChI=1S/C31H18F6O2/c32-30(33,34)21-14-10-19(11-15-21)26-18-27(29(38)39-23-6-2-1-3-7-23)28(25-9-5-4-8-24(25)26)20-12-16-22(17-13-20)31(35,36)37/h1-18H. The molecule has 0 radical (unpaired) electrons. The maximum Gasteiger partial charge on any atom is 0.416 e. The third-order valence-corrected chi connectivity index (χ3v) is 6.24. The van der Waals surface area contributed by atoms with Gasteiger partial charge in [0.25, 0.3) is 0 Å². The molecular formula is C31H18F6O2. The number of carbonyl (C=O) groups is 1. The van der Waals surface area contributed by atoms with E-state index in [1.165, 1.54) is 30.3 Å². The highest BCUT2D eigenvalue weighted by molar-refractivity contribution is 6.13. The molecule has 39 heavy (non-hydrogen) atoms. The van der Waals surface area contributed by atoms with Gasteiger partial charge in [0.05, 0.1) is 16.7 Å². The predicted molar refractivity (Wildman–Crippen MR) is 136 cm³/mol. The molecule has 2 nitrogen and oxygen atoms in total. The minimum atomic E-state index is -4.54. The van der Waals surface area contributed by atoms with E-state index < -0.39 is 29.4 Å². The van der Waals surface area contributed by atoms with Gasteiger partial charge in [-0.15, -0.1) is 0 Å². The first kappa shape index (κ1) is 26.0. The fraction of sp³-hybridized carbons (Fsp3) is 0.0645. The predicted octanol–water partition coefficient (Wildman–Crippen LogP) is 9.43. The van der Waals surface area contributed by atoms with Gasteiger partial charge in [-0.1, -0.05) is 66.7 Å². The van der Waals surface area contributed by atoms with E-state index in [0.29, 0.717) is 33.0 Å². The lowest BCUT2D eigenvalue weighted by atomic mass is 9.87. The van der Waals surface area contributed by atoms with Crippen LogP contribution in [0.2, 0.25) is 0 Å². The highest BCUT2D eigenvalue weighted by Crippen LogP contribution is 2.41. The van der Waals surface area contributed by atoms with Gasteiger partial charge in [0.2, 0.25) is 0 Å². The molecule has 0 aliphatic heterocycles. The van der Waals surface area contributed by atoms with E-state index in [2.05, 4.69) is 0 Å². The van der Waals surface area contributed by atoms with Crippen molar-refractivity contribution >= 4 is 16.7 Å². The molecule has 196 valence electrons. The molecule has 0 saturated carbocycles. The van der Waals surface area contributed by atoms with Crippen molar-refractivity contribution in [3.8, 4) is 28.0 Å². The van der Waals surface area contributed by atoms with Crippen LogP contribution in [0, 0.1) is 0 Å². The van der Waals surface area contributed by atoms with E-state index in [0.717, 1.165) is 24.3 Å². The van der Waals surface area contributed by atoms with E-state index >= 15 is 0 Å². The summed E-state index contributed by atoms with van der Waals surface area (Å²) in [6.07, 6.45) is -9.06. The molecule has 0 fully saturated rings. The molecular weight excluding hydrogens is 518 g/mol. The first-order valence-electron chi connectivity index (χ1n) is 11.7. The first-order chi connectivity index (χ1) is 18.5. The smallest absolute Gasteiger partial charge is 0.416 e. The maximum absolute atomic E-state index is 13.5. The van der Waals surface area contributed by atoms with Gasteiger partial charge in [-0.25, -0.2) is 4.79 Å². The van der Waals surface area contributed by atoms with Crippen molar-refractivity contribution in [1.29, 1.82) is 0 Å². The second-order valence-corrected chi connectivity index (χ2v) is 8.75. The maximum atomic E-state index is 13.5. The van der Waals surface area contributed by atoms with Crippen molar-refractivity contribution < 1.29 is 35.9 Å². The molecule has 0 amide bonds. The molecule has 0 unspecified atom stereocenters. The Morgan fingerprint density at radius 1 is 0.564 bits per heavy atom. The van der Waals surface area contributed by atoms with Crippen LogP contribution in [-0.2, 0) is 12.4 Å². The van der Waals surface area contributed by atoms with Crippen LogP contribution >= 0.6 is 0 Å². The Morgan fingerprint density at radius 3 is 1.59 bits per heavy atom. The minimum absolute atomic E-state index is 0.0483. The third-order valence-electron chi connectivity index (χ3n) is 6.24. The molecule has 5 aromatic carbocycles. The molecule has 0 heterocycles. The number of alkyl halides is 6. The summed E-state index contributed by atoms with van der Waals surface area (Å²) in [7, 11) is 0. The largest absolute Gasteiger partial charge is 0.423 e. The zero-order valence-electron chi connectivity index (χ0n) is 20.0. The molecule has 0 spiro atoms. The van der Waals surface area contributed by atoms with Gasteiger partial charge in [0, 0.05) is 5.56 Å². The monoisotopic (exact) mass is 536 g/mol. The number of para-hydroxylation sites is 1. The highest BCUT2D eigenvalue weighted by Gasteiger charge is 2.31. The lowest BCUT2D eigenvalue weighted by Gasteiger charge is -2.18. The quantitative estimate of drug-likeness (QED) is 0.130. The number of benzene rings is 5. The topological polar surface area (TPSA) is 26.3 Å². The van der Waals surface area contributed by atoms with E-state index in [-0.39, 0.29) is 11.3 Å². The summed E-state index contributed by atoms with van der Waals surface area (Å²) in [6.45, 7) is 0. The molecule has 0 atom stereocenters. The van der Waals surface area contributed by atoms with Crippen molar-refractivity contribution in [2.24, 2.45) is 0 Å². The second-order valence-electron chi connectivity index (χ2n) is 8.75. The van der Waals surface area contributed by atoms with Crippen LogP contribution < -0.4 is 4.74 Å². The van der Waals surface area contributed by atoms with Crippen LogP contribution in [-0.4, -0.2) is 5.97 Å². The summed E-state index contributed by atoms with van der Waals surface area (Å²) in [6, 6.07) is 25.6. The number of hydrogen-bond acceptors (Lipinski definition) is 2. The van der Waals surface area contributed by atoms with Crippen molar-refractivity contribution in [2.75, 3.05) is 0 Å². The van der Waals surface area contributed by atoms with Crippen LogP contribution in [0.4, 0.5) is 26.3 Å². The molecule has 0 aromatic heterocycles. The zero-order chi connectivity index (χ0) is 27.8. The van der Waals surface area contributed by atoms with Crippen molar-refractivity contribution in [3.05, 3.63) is 126 Å². The van der Waals surface area contributed by atoms with E-state index in [4.69, 9.17) is 4.74 Å².